The van der Waals surface area contributed by atoms with Crippen molar-refractivity contribution < 1.29 is 9.18 Å². The molecule has 0 aliphatic carbocycles. The van der Waals surface area contributed by atoms with Crippen LogP contribution in [0.4, 0.5) is 15.8 Å². The number of nitrogens with zero attached hydrogens (tertiary/aromatic N) is 2. The molecule has 1 atom stereocenters. The molecule has 30 heavy (non-hydrogen) atoms. The van der Waals surface area contributed by atoms with E-state index >= 15 is 0 Å². The minimum Gasteiger partial charge on any atom is -0.299 e. The predicted molar refractivity (Wildman–Crippen MR) is 120 cm³/mol. The Morgan fingerprint density at radius 2 is 1.47 bits per heavy atom. The third kappa shape index (κ3) is 4.04. The van der Waals surface area contributed by atoms with Crippen LogP contribution in [0.1, 0.15) is 40.3 Å². The molecule has 0 bridgehead atoms. The predicted octanol–water partition coefficient (Wildman–Crippen LogP) is 6.31. The summed E-state index contributed by atoms with van der Waals surface area (Å²) < 4.78 is 14.0. The average Bonchev–Trinajstić information content (AvgIpc) is 2.96. The largest absolute Gasteiger partial charge is 0.299 e. The van der Waals surface area contributed by atoms with Crippen molar-refractivity contribution in [2.24, 2.45) is 4.99 Å². The lowest BCUT2D eigenvalue weighted by atomic mass is 10.0. The minimum absolute atomic E-state index is 0.131. The van der Waals surface area contributed by atoms with Crippen LogP contribution < -0.4 is 4.90 Å². The highest BCUT2D eigenvalue weighted by atomic mass is 19.1. The molecular formula is C26H25FN2O. The Morgan fingerprint density at radius 3 is 2.07 bits per heavy atom. The van der Waals surface area contributed by atoms with Crippen LogP contribution >= 0.6 is 0 Å². The van der Waals surface area contributed by atoms with E-state index in [4.69, 9.17) is 4.99 Å². The molecule has 0 aromatic heterocycles. The fourth-order valence-electron chi connectivity index (χ4n) is 4.27. The SMILES string of the molecule is Cc1cc(C)cc(N=C2CC(c3cccc(F)c3)N(c3cc(C)cc(C)c3)C2=O)c1. The highest BCUT2D eigenvalue weighted by molar-refractivity contribution is 6.46. The first kappa shape index (κ1) is 20.0. The zero-order chi connectivity index (χ0) is 21.4. The number of amides is 1. The van der Waals surface area contributed by atoms with Gasteiger partial charge in [0.25, 0.3) is 5.91 Å². The van der Waals surface area contributed by atoms with Gasteiger partial charge < -0.3 is 0 Å². The number of carbonyl (C=O) groups excluding carboxylic acids is 1. The van der Waals surface area contributed by atoms with E-state index in [1.54, 1.807) is 11.0 Å². The van der Waals surface area contributed by atoms with Crippen LogP contribution in [0.3, 0.4) is 0 Å². The Labute approximate surface area is 176 Å². The number of aliphatic imine (C=N–C) groups is 1. The van der Waals surface area contributed by atoms with E-state index in [1.165, 1.54) is 12.1 Å². The molecule has 3 nitrogen and oxygen atoms in total. The summed E-state index contributed by atoms with van der Waals surface area (Å²) >= 11 is 0. The third-order valence-electron chi connectivity index (χ3n) is 5.35. The summed E-state index contributed by atoms with van der Waals surface area (Å²) in [5, 5.41) is 0. The summed E-state index contributed by atoms with van der Waals surface area (Å²) in [6.45, 7) is 8.06. The highest BCUT2D eigenvalue weighted by Gasteiger charge is 2.39. The molecule has 4 rings (SSSR count). The molecule has 1 aliphatic rings. The lowest BCUT2D eigenvalue weighted by Gasteiger charge is -2.25. The fourth-order valence-corrected chi connectivity index (χ4v) is 4.27. The number of rotatable bonds is 3. The van der Waals surface area contributed by atoms with Crippen LogP contribution in [0.25, 0.3) is 0 Å². The normalized spacial score (nSPS) is 17.8. The molecule has 1 amide bonds. The molecule has 0 spiro atoms. The van der Waals surface area contributed by atoms with Crippen molar-refractivity contribution in [2.75, 3.05) is 4.90 Å². The van der Waals surface area contributed by atoms with Gasteiger partial charge in [-0.2, -0.15) is 0 Å². The van der Waals surface area contributed by atoms with Gasteiger partial charge in [-0.1, -0.05) is 24.3 Å². The smallest absolute Gasteiger partial charge is 0.273 e. The molecule has 1 aliphatic heterocycles. The quantitative estimate of drug-likeness (QED) is 0.507. The summed E-state index contributed by atoms with van der Waals surface area (Å²) in [6.07, 6.45) is 0.433. The van der Waals surface area contributed by atoms with E-state index in [-0.39, 0.29) is 17.8 Å². The fraction of sp³-hybridized carbons (Fsp3) is 0.231. The van der Waals surface area contributed by atoms with Gasteiger partial charge in [-0.15, -0.1) is 0 Å². The Morgan fingerprint density at radius 1 is 0.867 bits per heavy atom. The Bertz CT molecular complexity index is 1120. The molecule has 152 valence electrons. The first-order valence-electron chi connectivity index (χ1n) is 10.1. The lowest BCUT2D eigenvalue weighted by molar-refractivity contribution is -0.112. The lowest BCUT2D eigenvalue weighted by Crippen LogP contribution is -2.29. The van der Waals surface area contributed by atoms with Crippen molar-refractivity contribution in [3.63, 3.8) is 0 Å². The van der Waals surface area contributed by atoms with Crippen LogP contribution in [-0.2, 0) is 4.79 Å². The second kappa shape index (κ2) is 7.86. The summed E-state index contributed by atoms with van der Waals surface area (Å²) in [6, 6.07) is 18.3. The summed E-state index contributed by atoms with van der Waals surface area (Å²) in [4.78, 5) is 19.9. The van der Waals surface area contributed by atoms with Crippen LogP contribution in [0, 0.1) is 33.5 Å². The van der Waals surface area contributed by atoms with E-state index in [0.717, 1.165) is 39.2 Å². The second-order valence-corrected chi connectivity index (χ2v) is 8.20. The number of hydrogen-bond acceptors (Lipinski definition) is 2. The number of halogens is 1. The van der Waals surface area contributed by atoms with Gasteiger partial charge >= 0.3 is 0 Å². The molecule has 1 saturated heterocycles. The molecule has 1 heterocycles. The first-order chi connectivity index (χ1) is 14.3. The zero-order valence-electron chi connectivity index (χ0n) is 17.7. The topological polar surface area (TPSA) is 32.7 Å². The van der Waals surface area contributed by atoms with Crippen molar-refractivity contribution in [3.05, 3.63) is 94.3 Å². The maximum Gasteiger partial charge on any atom is 0.273 e. The molecule has 0 radical (unpaired) electrons. The Hall–Kier alpha value is -3.27. The van der Waals surface area contributed by atoms with Crippen LogP contribution in [-0.4, -0.2) is 11.6 Å². The number of hydrogen-bond donors (Lipinski definition) is 0. The average molecular weight is 400 g/mol. The van der Waals surface area contributed by atoms with Gasteiger partial charge in [-0.05, 0) is 91.9 Å². The maximum atomic E-state index is 14.0. The summed E-state index contributed by atoms with van der Waals surface area (Å²) in [5.74, 6) is -0.437. The number of aryl methyl sites for hydroxylation is 4. The molecule has 1 fully saturated rings. The zero-order valence-corrected chi connectivity index (χ0v) is 17.7. The van der Waals surface area contributed by atoms with Crippen LogP contribution in [0.2, 0.25) is 0 Å². The molecular weight excluding hydrogens is 375 g/mol. The Kier molecular flexibility index (Phi) is 5.25. The van der Waals surface area contributed by atoms with Gasteiger partial charge in [0.15, 0.2) is 0 Å². The van der Waals surface area contributed by atoms with Crippen LogP contribution in [0.15, 0.2) is 65.7 Å². The monoisotopic (exact) mass is 400 g/mol. The molecule has 3 aromatic carbocycles. The first-order valence-corrected chi connectivity index (χ1v) is 10.1. The van der Waals surface area contributed by atoms with Gasteiger partial charge in [0.1, 0.15) is 11.5 Å². The molecule has 4 heteroatoms. The summed E-state index contributed by atoms with van der Waals surface area (Å²) in [5.41, 5.74) is 7.22. The second-order valence-electron chi connectivity index (χ2n) is 8.20. The standard InChI is InChI=1S/C26H25FN2O/c1-16-8-17(2)11-22(10-16)28-24-15-25(20-6-5-7-21(27)14-20)29(26(24)30)23-12-18(3)9-19(4)13-23/h5-14,25H,15H2,1-4H3. The van der Waals surface area contributed by atoms with Crippen molar-refractivity contribution in [1.29, 1.82) is 0 Å². The minimum atomic E-state index is -0.306. The number of anilines is 1. The highest BCUT2D eigenvalue weighted by Crippen LogP contribution is 2.38. The molecule has 0 saturated carbocycles. The van der Waals surface area contributed by atoms with E-state index in [1.807, 2.05) is 58.0 Å². The van der Waals surface area contributed by atoms with Crippen molar-refractivity contribution in [2.45, 2.75) is 40.2 Å². The summed E-state index contributed by atoms with van der Waals surface area (Å²) in [7, 11) is 0. The molecule has 3 aromatic rings. The van der Waals surface area contributed by atoms with E-state index in [9.17, 15) is 9.18 Å². The van der Waals surface area contributed by atoms with E-state index in [2.05, 4.69) is 12.1 Å². The van der Waals surface area contributed by atoms with Gasteiger partial charge in [0.2, 0.25) is 0 Å². The Balaban J connectivity index is 1.82. The van der Waals surface area contributed by atoms with E-state index in [0.29, 0.717) is 12.1 Å². The maximum absolute atomic E-state index is 14.0. The molecule has 1 unspecified atom stereocenters. The number of carbonyl (C=O) groups is 1. The number of benzene rings is 3. The van der Waals surface area contributed by atoms with Crippen molar-refractivity contribution in [1.82, 2.24) is 0 Å². The van der Waals surface area contributed by atoms with Crippen molar-refractivity contribution >= 4 is 23.0 Å². The van der Waals surface area contributed by atoms with Gasteiger partial charge in [-0.3, -0.25) is 9.69 Å². The van der Waals surface area contributed by atoms with Gasteiger partial charge in [0.05, 0.1) is 11.7 Å². The molecule has 0 N–H and O–H groups in total. The van der Waals surface area contributed by atoms with Gasteiger partial charge in [-0.25, -0.2) is 9.38 Å². The van der Waals surface area contributed by atoms with E-state index < -0.39 is 0 Å². The van der Waals surface area contributed by atoms with Crippen LogP contribution in [0.5, 0.6) is 0 Å². The van der Waals surface area contributed by atoms with Gasteiger partial charge in [0, 0.05) is 12.1 Å². The third-order valence-corrected chi connectivity index (χ3v) is 5.35. The van der Waals surface area contributed by atoms with Crippen molar-refractivity contribution in [3.8, 4) is 0 Å².